The van der Waals surface area contributed by atoms with Crippen LogP contribution >= 0.6 is 0 Å². The highest BCUT2D eigenvalue weighted by Crippen LogP contribution is 2.56. The molecule has 2 atom stereocenters. The summed E-state index contributed by atoms with van der Waals surface area (Å²) in [5.74, 6) is 1.43. The summed E-state index contributed by atoms with van der Waals surface area (Å²) in [6, 6.07) is 0. The quantitative estimate of drug-likeness (QED) is 0.657. The molecule has 0 N–H and O–H groups in total. The van der Waals surface area contributed by atoms with Crippen molar-refractivity contribution in [3.8, 4) is 0 Å². The van der Waals surface area contributed by atoms with E-state index in [1.54, 1.807) is 5.57 Å². The Morgan fingerprint density at radius 1 is 1.11 bits per heavy atom. The topological polar surface area (TPSA) is 18.5 Å². The zero-order chi connectivity index (χ0) is 12.8. The molecule has 0 amide bonds. The largest absolute Gasteiger partial charge is 0.350 e. The maximum absolute atomic E-state index is 5.91. The zero-order valence-electron chi connectivity index (χ0n) is 12.0. The van der Waals surface area contributed by atoms with Gasteiger partial charge >= 0.3 is 0 Å². The Bertz CT molecular complexity index is 328. The van der Waals surface area contributed by atoms with Gasteiger partial charge in [0.1, 0.15) is 0 Å². The molecule has 0 aromatic heterocycles. The van der Waals surface area contributed by atoms with E-state index in [1.807, 2.05) is 13.8 Å². The molecule has 3 aliphatic rings. The first kappa shape index (κ1) is 12.7. The van der Waals surface area contributed by atoms with Crippen LogP contribution in [0.3, 0.4) is 0 Å². The van der Waals surface area contributed by atoms with E-state index in [-0.39, 0.29) is 5.79 Å². The van der Waals surface area contributed by atoms with Crippen molar-refractivity contribution < 1.29 is 9.47 Å². The van der Waals surface area contributed by atoms with E-state index < -0.39 is 0 Å². The predicted molar refractivity (Wildman–Crippen MR) is 72.2 cm³/mol. The zero-order valence-corrected chi connectivity index (χ0v) is 12.0. The lowest BCUT2D eigenvalue weighted by Crippen LogP contribution is -2.45. The van der Waals surface area contributed by atoms with Crippen LogP contribution < -0.4 is 0 Å². The van der Waals surface area contributed by atoms with Crippen LogP contribution in [0.25, 0.3) is 0 Å². The third-order valence-electron chi connectivity index (χ3n) is 5.05. The lowest BCUT2D eigenvalue weighted by atomic mass is 9.84. The summed E-state index contributed by atoms with van der Waals surface area (Å²) in [6.07, 6.45) is 8.94. The van der Waals surface area contributed by atoms with Gasteiger partial charge in [0.2, 0.25) is 0 Å². The number of rotatable bonds is 1. The van der Waals surface area contributed by atoms with E-state index in [9.17, 15) is 0 Å². The molecule has 1 aliphatic heterocycles. The van der Waals surface area contributed by atoms with Crippen LogP contribution in [-0.2, 0) is 9.47 Å². The lowest BCUT2D eigenvalue weighted by molar-refractivity contribution is -0.285. The standard InChI is InChI=1S/C16H26O2/c1-4-5-12-6-13-8-16(9-14(13)7-12)10-17-15(2,3)18-11-16/h5,13-14H,4,6-11H2,1-3H3/t13-,14-/m0/s1. The molecule has 1 heterocycles. The molecule has 1 spiro atoms. The van der Waals surface area contributed by atoms with E-state index in [1.165, 1.54) is 32.1 Å². The first-order valence-electron chi connectivity index (χ1n) is 7.48. The van der Waals surface area contributed by atoms with Crippen molar-refractivity contribution in [2.45, 2.75) is 58.7 Å². The fraction of sp³-hybridized carbons (Fsp3) is 0.875. The number of hydrogen-bond donors (Lipinski definition) is 0. The van der Waals surface area contributed by atoms with Gasteiger partial charge in [-0.3, -0.25) is 0 Å². The van der Waals surface area contributed by atoms with Gasteiger partial charge in [-0.15, -0.1) is 0 Å². The Labute approximate surface area is 111 Å². The molecule has 0 aromatic carbocycles. The second-order valence-electron chi connectivity index (χ2n) is 7.08. The Hall–Kier alpha value is -0.340. The predicted octanol–water partition coefficient (Wildman–Crippen LogP) is 3.91. The lowest BCUT2D eigenvalue weighted by Gasteiger charge is -2.42. The minimum Gasteiger partial charge on any atom is -0.350 e. The number of hydrogen-bond acceptors (Lipinski definition) is 2. The minimum atomic E-state index is -0.365. The molecule has 3 rings (SSSR count). The van der Waals surface area contributed by atoms with Gasteiger partial charge in [-0.1, -0.05) is 18.6 Å². The van der Waals surface area contributed by atoms with E-state index in [2.05, 4.69) is 13.0 Å². The van der Waals surface area contributed by atoms with Crippen molar-refractivity contribution in [2.75, 3.05) is 13.2 Å². The van der Waals surface area contributed by atoms with Gasteiger partial charge in [-0.05, 0) is 57.8 Å². The van der Waals surface area contributed by atoms with Gasteiger partial charge < -0.3 is 9.47 Å². The van der Waals surface area contributed by atoms with Gasteiger partial charge in [0.15, 0.2) is 5.79 Å². The van der Waals surface area contributed by atoms with E-state index in [0.29, 0.717) is 5.41 Å². The van der Waals surface area contributed by atoms with Crippen LogP contribution in [0.5, 0.6) is 0 Å². The molecular weight excluding hydrogens is 224 g/mol. The highest BCUT2D eigenvalue weighted by Gasteiger charge is 2.51. The molecule has 102 valence electrons. The molecule has 0 radical (unpaired) electrons. The molecule has 2 aliphatic carbocycles. The fourth-order valence-corrected chi connectivity index (χ4v) is 4.19. The highest BCUT2D eigenvalue weighted by atomic mass is 16.7. The summed E-state index contributed by atoms with van der Waals surface area (Å²) >= 11 is 0. The average Bonchev–Trinajstić information content (AvgIpc) is 2.79. The van der Waals surface area contributed by atoms with Crippen molar-refractivity contribution in [1.82, 2.24) is 0 Å². The first-order chi connectivity index (χ1) is 8.52. The maximum Gasteiger partial charge on any atom is 0.162 e. The minimum absolute atomic E-state index is 0.336. The summed E-state index contributed by atoms with van der Waals surface area (Å²) in [4.78, 5) is 0. The van der Waals surface area contributed by atoms with Gasteiger partial charge in [-0.2, -0.15) is 0 Å². The summed E-state index contributed by atoms with van der Waals surface area (Å²) in [6.45, 7) is 8.10. The van der Waals surface area contributed by atoms with Crippen LogP contribution in [0.2, 0.25) is 0 Å². The van der Waals surface area contributed by atoms with Crippen LogP contribution in [0.15, 0.2) is 11.6 Å². The molecule has 2 nitrogen and oxygen atoms in total. The van der Waals surface area contributed by atoms with Crippen LogP contribution in [0.4, 0.5) is 0 Å². The number of ether oxygens (including phenoxy) is 2. The Balaban J connectivity index is 1.63. The van der Waals surface area contributed by atoms with Gasteiger partial charge in [0.25, 0.3) is 0 Å². The average molecular weight is 250 g/mol. The summed E-state index contributed by atoms with van der Waals surface area (Å²) < 4.78 is 11.8. The van der Waals surface area contributed by atoms with E-state index in [0.717, 1.165) is 25.0 Å². The Morgan fingerprint density at radius 3 is 2.17 bits per heavy atom. The maximum atomic E-state index is 5.91. The third-order valence-corrected chi connectivity index (χ3v) is 5.05. The van der Waals surface area contributed by atoms with Gasteiger partial charge in [0.05, 0.1) is 13.2 Å². The Kier molecular flexibility index (Phi) is 3.06. The van der Waals surface area contributed by atoms with E-state index in [4.69, 9.17) is 9.47 Å². The van der Waals surface area contributed by atoms with Gasteiger partial charge in [-0.25, -0.2) is 0 Å². The number of allylic oxidation sites excluding steroid dienone is 2. The van der Waals surface area contributed by atoms with E-state index >= 15 is 0 Å². The molecule has 3 fully saturated rings. The molecule has 0 aromatic rings. The molecule has 1 saturated heterocycles. The second kappa shape index (κ2) is 4.35. The van der Waals surface area contributed by atoms with Crippen molar-refractivity contribution in [3.63, 3.8) is 0 Å². The summed E-state index contributed by atoms with van der Waals surface area (Å²) in [5.41, 5.74) is 2.04. The normalized spacial score (nSPS) is 36.9. The molecule has 2 saturated carbocycles. The Morgan fingerprint density at radius 2 is 1.67 bits per heavy atom. The monoisotopic (exact) mass is 250 g/mol. The van der Waals surface area contributed by atoms with Crippen molar-refractivity contribution in [2.24, 2.45) is 17.3 Å². The van der Waals surface area contributed by atoms with Crippen molar-refractivity contribution >= 4 is 0 Å². The summed E-state index contributed by atoms with van der Waals surface area (Å²) in [7, 11) is 0. The van der Waals surface area contributed by atoms with Crippen molar-refractivity contribution in [3.05, 3.63) is 11.6 Å². The smallest absolute Gasteiger partial charge is 0.162 e. The van der Waals surface area contributed by atoms with Crippen LogP contribution in [-0.4, -0.2) is 19.0 Å². The van der Waals surface area contributed by atoms with Crippen LogP contribution in [0.1, 0.15) is 52.9 Å². The van der Waals surface area contributed by atoms with Crippen molar-refractivity contribution in [1.29, 1.82) is 0 Å². The first-order valence-corrected chi connectivity index (χ1v) is 7.48. The highest BCUT2D eigenvalue weighted by molar-refractivity contribution is 5.15. The molecule has 2 heteroatoms. The van der Waals surface area contributed by atoms with Gasteiger partial charge in [0, 0.05) is 5.41 Å². The second-order valence-corrected chi connectivity index (χ2v) is 7.08. The fourth-order valence-electron chi connectivity index (χ4n) is 4.19. The summed E-state index contributed by atoms with van der Waals surface area (Å²) in [5, 5.41) is 0. The number of fused-ring (bicyclic) bond motifs is 1. The SMILES string of the molecule is CCC=C1C[C@H]2CC3(COC(C)(C)OC3)C[C@@H]2C1. The van der Waals surface area contributed by atoms with Crippen LogP contribution in [0, 0.1) is 17.3 Å². The molecule has 0 bridgehead atoms. The molecule has 18 heavy (non-hydrogen) atoms. The molecule has 0 unspecified atom stereocenters. The molecular formula is C16H26O2. The third kappa shape index (κ3) is 2.25.